The van der Waals surface area contributed by atoms with Crippen molar-refractivity contribution in [3.05, 3.63) is 53.5 Å². The van der Waals surface area contributed by atoms with Crippen LogP contribution in [0.4, 0.5) is 4.39 Å². The summed E-state index contributed by atoms with van der Waals surface area (Å²) in [5.74, 6) is 1.18. The summed E-state index contributed by atoms with van der Waals surface area (Å²) in [6.07, 6.45) is 5.22. The smallest absolute Gasteiger partial charge is 0.237 e. The number of benzene rings is 1. The van der Waals surface area contributed by atoms with Gasteiger partial charge in [0.05, 0.1) is 12.7 Å². The van der Waals surface area contributed by atoms with Crippen LogP contribution in [0.25, 0.3) is 0 Å². The van der Waals surface area contributed by atoms with Crippen LogP contribution in [-0.4, -0.2) is 47.9 Å². The highest BCUT2D eigenvalue weighted by Crippen LogP contribution is 2.31. The van der Waals surface area contributed by atoms with Gasteiger partial charge in [-0.05, 0) is 51.1 Å². The molecule has 3 rings (SSSR count). The largest absolute Gasteiger partial charge is 0.443 e. The van der Waals surface area contributed by atoms with Gasteiger partial charge in [-0.15, -0.1) is 0 Å². The predicted molar refractivity (Wildman–Crippen MR) is 92.6 cm³/mol. The quantitative estimate of drug-likeness (QED) is 0.836. The van der Waals surface area contributed by atoms with Crippen molar-refractivity contribution >= 4 is 5.91 Å². The van der Waals surface area contributed by atoms with Gasteiger partial charge in [-0.25, -0.2) is 9.37 Å². The zero-order valence-electron chi connectivity index (χ0n) is 14.7. The van der Waals surface area contributed by atoms with Crippen LogP contribution in [0.1, 0.15) is 42.5 Å². The van der Waals surface area contributed by atoms with Crippen molar-refractivity contribution in [3.63, 3.8) is 0 Å². The van der Waals surface area contributed by atoms with Gasteiger partial charge < -0.3 is 14.2 Å². The third-order valence-electron chi connectivity index (χ3n) is 4.42. The van der Waals surface area contributed by atoms with Gasteiger partial charge in [-0.2, -0.15) is 0 Å². The highest BCUT2D eigenvalue weighted by molar-refractivity contribution is 5.78. The molecule has 2 aromatic rings. The van der Waals surface area contributed by atoms with E-state index >= 15 is 0 Å². The third kappa shape index (κ3) is 4.45. The summed E-state index contributed by atoms with van der Waals surface area (Å²) in [7, 11) is 3.78. The van der Waals surface area contributed by atoms with Gasteiger partial charge in [-0.3, -0.25) is 4.79 Å². The lowest BCUT2D eigenvalue weighted by atomic mass is 10.0. The van der Waals surface area contributed by atoms with Crippen LogP contribution in [0.5, 0.6) is 0 Å². The fraction of sp³-hybridized carbons (Fsp3) is 0.474. The van der Waals surface area contributed by atoms with Crippen LogP contribution in [0, 0.1) is 5.82 Å². The van der Waals surface area contributed by atoms with Crippen molar-refractivity contribution in [2.45, 2.75) is 31.7 Å². The number of rotatable bonds is 5. The normalized spacial score (nSPS) is 17.9. The lowest BCUT2D eigenvalue weighted by molar-refractivity contribution is -0.136. The Hall–Kier alpha value is -2.21. The van der Waals surface area contributed by atoms with Crippen LogP contribution in [-0.2, 0) is 11.2 Å². The van der Waals surface area contributed by atoms with Gasteiger partial charge in [0, 0.05) is 13.0 Å². The Kier molecular flexibility index (Phi) is 5.48. The number of piperidine rings is 1. The lowest BCUT2D eigenvalue weighted by Gasteiger charge is -2.34. The van der Waals surface area contributed by atoms with Crippen LogP contribution in [0.15, 0.2) is 34.9 Å². The minimum atomic E-state index is -0.251. The number of aromatic nitrogens is 1. The van der Waals surface area contributed by atoms with Gasteiger partial charge in [-0.1, -0.05) is 12.1 Å². The molecule has 0 unspecified atom stereocenters. The second-order valence-corrected chi connectivity index (χ2v) is 6.80. The van der Waals surface area contributed by atoms with Gasteiger partial charge >= 0.3 is 0 Å². The number of nitrogens with zero attached hydrogens (tertiary/aromatic N) is 3. The fourth-order valence-electron chi connectivity index (χ4n) is 3.21. The molecule has 1 aromatic carbocycles. The van der Waals surface area contributed by atoms with Gasteiger partial charge in [0.25, 0.3) is 0 Å². The second kappa shape index (κ2) is 7.78. The molecule has 0 N–H and O–H groups in total. The average Bonchev–Trinajstić information content (AvgIpc) is 3.05. The van der Waals surface area contributed by atoms with Crippen molar-refractivity contribution in [3.8, 4) is 0 Å². The van der Waals surface area contributed by atoms with Crippen molar-refractivity contribution in [2.75, 3.05) is 27.2 Å². The molecule has 0 bridgehead atoms. The van der Waals surface area contributed by atoms with Gasteiger partial charge in [0.15, 0.2) is 0 Å². The molecule has 1 saturated heterocycles. The maximum absolute atomic E-state index is 13.0. The standard InChI is InChI=1S/C19H24FN3O2/c1-22(2)13-18(24)23-10-4-3-5-17(23)19-21-12-16(25-19)11-14-6-8-15(20)9-7-14/h6-9,12,17H,3-5,10-11,13H2,1-2H3/t17-/m1/s1. The number of amides is 1. The summed E-state index contributed by atoms with van der Waals surface area (Å²) in [4.78, 5) is 20.7. The highest BCUT2D eigenvalue weighted by Gasteiger charge is 2.31. The SMILES string of the molecule is CN(C)CC(=O)N1CCCC[C@@H]1c1ncc(Cc2ccc(F)cc2)o1. The van der Waals surface area contributed by atoms with E-state index in [0.29, 0.717) is 18.9 Å². The van der Waals surface area contributed by atoms with Crippen molar-refractivity contribution < 1.29 is 13.6 Å². The first kappa shape index (κ1) is 17.6. The summed E-state index contributed by atoms with van der Waals surface area (Å²) in [5.41, 5.74) is 0.966. The number of oxazole rings is 1. The minimum absolute atomic E-state index is 0.0943. The van der Waals surface area contributed by atoms with Crippen molar-refractivity contribution in [1.82, 2.24) is 14.8 Å². The summed E-state index contributed by atoms with van der Waals surface area (Å²) < 4.78 is 18.9. The number of carbonyl (C=O) groups is 1. The monoisotopic (exact) mass is 345 g/mol. The minimum Gasteiger partial charge on any atom is -0.443 e. The molecular formula is C19H24FN3O2. The van der Waals surface area contributed by atoms with E-state index in [0.717, 1.165) is 37.1 Å². The first-order valence-corrected chi connectivity index (χ1v) is 8.66. The summed E-state index contributed by atoms with van der Waals surface area (Å²) in [6.45, 7) is 1.13. The molecule has 1 aliphatic heterocycles. The molecule has 2 heterocycles. The molecule has 0 aliphatic carbocycles. The topological polar surface area (TPSA) is 49.6 Å². The summed E-state index contributed by atoms with van der Waals surface area (Å²) in [5, 5.41) is 0. The van der Waals surface area contributed by atoms with E-state index in [2.05, 4.69) is 4.98 Å². The highest BCUT2D eigenvalue weighted by atomic mass is 19.1. The van der Waals surface area contributed by atoms with E-state index in [1.807, 2.05) is 23.9 Å². The number of carbonyl (C=O) groups excluding carboxylic acids is 1. The average molecular weight is 345 g/mol. The Morgan fingerprint density at radius 3 is 2.80 bits per heavy atom. The first-order valence-electron chi connectivity index (χ1n) is 8.66. The molecule has 1 atom stereocenters. The second-order valence-electron chi connectivity index (χ2n) is 6.80. The molecule has 25 heavy (non-hydrogen) atoms. The lowest BCUT2D eigenvalue weighted by Crippen LogP contribution is -2.42. The van der Waals surface area contributed by atoms with E-state index in [-0.39, 0.29) is 17.8 Å². The molecule has 0 radical (unpaired) electrons. The molecular weight excluding hydrogens is 321 g/mol. The molecule has 0 spiro atoms. The Morgan fingerprint density at radius 1 is 1.32 bits per heavy atom. The zero-order valence-corrected chi connectivity index (χ0v) is 14.7. The zero-order chi connectivity index (χ0) is 17.8. The van der Waals surface area contributed by atoms with Gasteiger partial charge in [0.2, 0.25) is 11.8 Å². The first-order chi connectivity index (χ1) is 12.0. The third-order valence-corrected chi connectivity index (χ3v) is 4.42. The van der Waals surface area contributed by atoms with Crippen LogP contribution < -0.4 is 0 Å². The molecule has 6 heteroatoms. The maximum Gasteiger partial charge on any atom is 0.237 e. The molecule has 1 fully saturated rings. The van der Waals surface area contributed by atoms with Crippen molar-refractivity contribution in [1.29, 1.82) is 0 Å². The molecule has 5 nitrogen and oxygen atoms in total. The molecule has 1 aliphatic rings. The maximum atomic E-state index is 13.0. The van der Waals surface area contributed by atoms with Crippen LogP contribution in [0.3, 0.4) is 0 Å². The number of hydrogen-bond acceptors (Lipinski definition) is 4. The Morgan fingerprint density at radius 2 is 2.08 bits per heavy atom. The van der Waals surface area contributed by atoms with E-state index in [1.165, 1.54) is 12.1 Å². The van der Waals surface area contributed by atoms with Crippen LogP contribution >= 0.6 is 0 Å². The molecule has 1 aromatic heterocycles. The summed E-state index contributed by atoms with van der Waals surface area (Å²) >= 11 is 0. The van der Waals surface area contributed by atoms with E-state index < -0.39 is 0 Å². The summed E-state index contributed by atoms with van der Waals surface area (Å²) in [6, 6.07) is 6.27. The fourth-order valence-corrected chi connectivity index (χ4v) is 3.21. The van der Waals surface area contributed by atoms with E-state index in [9.17, 15) is 9.18 Å². The number of likely N-dealkylation sites (N-methyl/N-ethyl adjacent to an activating group) is 1. The Balaban J connectivity index is 1.72. The van der Waals surface area contributed by atoms with Gasteiger partial charge in [0.1, 0.15) is 17.6 Å². The molecule has 0 saturated carbocycles. The number of likely N-dealkylation sites (tertiary alicyclic amines) is 1. The van der Waals surface area contributed by atoms with Crippen LogP contribution in [0.2, 0.25) is 0 Å². The number of halogens is 1. The number of hydrogen-bond donors (Lipinski definition) is 0. The Labute approximate surface area is 147 Å². The van der Waals surface area contributed by atoms with E-state index in [4.69, 9.17) is 4.42 Å². The molecule has 1 amide bonds. The molecule has 134 valence electrons. The Bertz CT molecular complexity index is 712. The van der Waals surface area contributed by atoms with Crippen molar-refractivity contribution in [2.24, 2.45) is 0 Å². The van der Waals surface area contributed by atoms with E-state index in [1.54, 1.807) is 18.3 Å². The predicted octanol–water partition coefficient (Wildman–Crippen LogP) is 3.02.